The molecule has 0 fully saturated rings. The van der Waals surface area contributed by atoms with E-state index < -0.39 is 23.5 Å². The number of aromatic nitrogens is 1. The monoisotopic (exact) mass is 294 g/mol. The molecule has 21 heavy (non-hydrogen) atoms. The fourth-order valence-corrected chi connectivity index (χ4v) is 1.85. The fraction of sp³-hybridized carbons (Fsp3) is 0.143. The van der Waals surface area contributed by atoms with Gasteiger partial charge in [0, 0.05) is 18.3 Å². The number of carbonyl (C=O) groups is 2. The molecule has 0 saturated carbocycles. The normalized spacial score (nSPS) is 10.4. The molecule has 0 spiro atoms. The first-order chi connectivity index (χ1) is 9.97. The summed E-state index contributed by atoms with van der Waals surface area (Å²) in [6, 6.07) is 5.93. The van der Waals surface area contributed by atoms with Crippen molar-refractivity contribution in [3.05, 3.63) is 59.4 Å². The third-order valence-corrected chi connectivity index (χ3v) is 2.81. The number of aliphatic carboxylic acids is 1. The molecule has 0 bridgehead atoms. The highest BCUT2D eigenvalue weighted by Gasteiger charge is 2.13. The maximum absolute atomic E-state index is 13.4. The summed E-state index contributed by atoms with van der Waals surface area (Å²) in [7, 11) is 0. The molecule has 0 atom stereocenters. The summed E-state index contributed by atoms with van der Waals surface area (Å²) < 4.78 is 27.7. The van der Waals surface area contributed by atoms with Gasteiger partial charge in [-0.1, -0.05) is 0 Å². The van der Waals surface area contributed by atoms with Crippen LogP contribution in [0.25, 0.3) is 0 Å². The molecule has 1 aromatic heterocycles. The third-order valence-electron chi connectivity index (χ3n) is 2.81. The summed E-state index contributed by atoms with van der Waals surface area (Å²) in [6.45, 7) is -0.551. The van der Waals surface area contributed by atoms with Crippen molar-refractivity contribution in [1.82, 2.24) is 9.88 Å². The van der Waals surface area contributed by atoms with Crippen molar-refractivity contribution in [2.45, 2.75) is 13.1 Å². The van der Waals surface area contributed by atoms with E-state index in [0.29, 0.717) is 0 Å². The van der Waals surface area contributed by atoms with Gasteiger partial charge in [0.05, 0.1) is 0 Å². The SMILES string of the molecule is O=C(O)Cn1cccc1C(=O)NCc1cc(F)ccc1F. The van der Waals surface area contributed by atoms with Crippen LogP contribution in [0.3, 0.4) is 0 Å². The number of nitrogens with zero attached hydrogens (tertiary/aromatic N) is 1. The topological polar surface area (TPSA) is 71.3 Å². The second-order valence-electron chi connectivity index (χ2n) is 4.33. The first kappa shape index (κ1) is 14.7. The van der Waals surface area contributed by atoms with E-state index in [1.807, 2.05) is 0 Å². The number of hydrogen-bond acceptors (Lipinski definition) is 2. The second-order valence-corrected chi connectivity index (χ2v) is 4.33. The predicted molar refractivity (Wildman–Crippen MR) is 69.6 cm³/mol. The van der Waals surface area contributed by atoms with Crippen molar-refractivity contribution in [2.24, 2.45) is 0 Å². The van der Waals surface area contributed by atoms with Crippen LogP contribution in [0.1, 0.15) is 16.1 Å². The Morgan fingerprint density at radius 3 is 2.71 bits per heavy atom. The lowest BCUT2D eigenvalue weighted by atomic mass is 10.2. The number of benzene rings is 1. The summed E-state index contributed by atoms with van der Waals surface area (Å²) in [5.74, 6) is -2.88. The molecule has 0 aliphatic rings. The van der Waals surface area contributed by atoms with Gasteiger partial charge < -0.3 is 15.0 Å². The van der Waals surface area contributed by atoms with Gasteiger partial charge in [-0.3, -0.25) is 9.59 Å². The van der Waals surface area contributed by atoms with Gasteiger partial charge in [0.15, 0.2) is 0 Å². The lowest BCUT2D eigenvalue weighted by Crippen LogP contribution is -2.26. The van der Waals surface area contributed by atoms with E-state index >= 15 is 0 Å². The molecule has 1 heterocycles. The van der Waals surface area contributed by atoms with Gasteiger partial charge in [0.1, 0.15) is 23.9 Å². The van der Waals surface area contributed by atoms with Crippen LogP contribution in [0.4, 0.5) is 8.78 Å². The largest absolute Gasteiger partial charge is 0.480 e. The molecule has 0 saturated heterocycles. The van der Waals surface area contributed by atoms with Crippen molar-refractivity contribution in [3.8, 4) is 0 Å². The Hall–Kier alpha value is -2.70. The van der Waals surface area contributed by atoms with Crippen LogP contribution >= 0.6 is 0 Å². The standard InChI is InChI=1S/C14H12F2N2O3/c15-10-3-4-11(16)9(6-10)7-17-14(21)12-2-1-5-18(12)8-13(19)20/h1-6H,7-8H2,(H,17,21)(H,19,20). The summed E-state index contributed by atoms with van der Waals surface area (Å²) in [6.07, 6.45) is 1.45. The van der Waals surface area contributed by atoms with E-state index in [4.69, 9.17) is 5.11 Å². The Morgan fingerprint density at radius 1 is 1.24 bits per heavy atom. The van der Waals surface area contributed by atoms with Crippen LogP contribution < -0.4 is 5.32 Å². The molecule has 2 N–H and O–H groups in total. The number of halogens is 2. The zero-order valence-corrected chi connectivity index (χ0v) is 10.8. The van der Waals surface area contributed by atoms with Crippen molar-refractivity contribution < 1.29 is 23.5 Å². The molecular weight excluding hydrogens is 282 g/mol. The molecule has 0 radical (unpaired) electrons. The smallest absolute Gasteiger partial charge is 0.323 e. The zero-order chi connectivity index (χ0) is 15.4. The first-order valence-electron chi connectivity index (χ1n) is 6.06. The van der Waals surface area contributed by atoms with E-state index in [0.717, 1.165) is 18.2 Å². The minimum atomic E-state index is -1.09. The summed E-state index contributed by atoms with van der Waals surface area (Å²) in [4.78, 5) is 22.6. The number of nitrogens with one attached hydrogen (secondary N) is 1. The van der Waals surface area contributed by atoms with Gasteiger partial charge in [-0.2, -0.15) is 0 Å². The highest BCUT2D eigenvalue weighted by atomic mass is 19.1. The molecule has 2 aromatic rings. The number of carbonyl (C=O) groups excluding carboxylic acids is 1. The maximum atomic E-state index is 13.4. The summed E-state index contributed by atoms with van der Waals surface area (Å²) >= 11 is 0. The van der Waals surface area contributed by atoms with Crippen LogP contribution in [0.5, 0.6) is 0 Å². The molecule has 2 rings (SSSR count). The molecule has 1 amide bonds. The van der Waals surface area contributed by atoms with Crippen LogP contribution in [0.15, 0.2) is 36.5 Å². The van der Waals surface area contributed by atoms with Crippen LogP contribution in [0, 0.1) is 11.6 Å². The Bertz CT molecular complexity index is 683. The lowest BCUT2D eigenvalue weighted by molar-refractivity contribution is -0.137. The Morgan fingerprint density at radius 2 is 2.00 bits per heavy atom. The van der Waals surface area contributed by atoms with Gasteiger partial charge in [-0.25, -0.2) is 8.78 Å². The molecule has 7 heteroatoms. The van der Waals surface area contributed by atoms with Gasteiger partial charge in [0.2, 0.25) is 0 Å². The highest BCUT2D eigenvalue weighted by molar-refractivity contribution is 5.93. The van der Waals surface area contributed by atoms with Crippen LogP contribution in [-0.2, 0) is 17.9 Å². The Kier molecular flexibility index (Phi) is 4.32. The average molecular weight is 294 g/mol. The van der Waals surface area contributed by atoms with Gasteiger partial charge >= 0.3 is 5.97 Å². The van der Waals surface area contributed by atoms with E-state index in [2.05, 4.69) is 5.32 Å². The van der Waals surface area contributed by atoms with Gasteiger partial charge in [-0.05, 0) is 30.3 Å². The number of hydrogen-bond donors (Lipinski definition) is 2. The first-order valence-corrected chi connectivity index (χ1v) is 6.06. The van der Waals surface area contributed by atoms with Crippen molar-refractivity contribution in [1.29, 1.82) is 0 Å². The fourth-order valence-electron chi connectivity index (χ4n) is 1.85. The van der Waals surface area contributed by atoms with Crippen molar-refractivity contribution >= 4 is 11.9 Å². The molecule has 110 valence electrons. The number of amides is 1. The quantitative estimate of drug-likeness (QED) is 0.883. The summed E-state index contributed by atoms with van der Waals surface area (Å²) in [5, 5.41) is 11.1. The minimum absolute atomic E-state index is 0.0136. The Labute approximate surface area is 118 Å². The number of carboxylic acid groups (broad SMARTS) is 1. The Balaban J connectivity index is 2.07. The van der Waals surface area contributed by atoms with Crippen molar-refractivity contribution in [3.63, 3.8) is 0 Å². The number of rotatable bonds is 5. The summed E-state index contributed by atoms with van der Waals surface area (Å²) in [5.41, 5.74) is 0.147. The maximum Gasteiger partial charge on any atom is 0.323 e. The van der Waals surface area contributed by atoms with E-state index in [-0.39, 0.29) is 24.3 Å². The van der Waals surface area contributed by atoms with Gasteiger partial charge in [-0.15, -0.1) is 0 Å². The van der Waals surface area contributed by atoms with Crippen LogP contribution in [0.2, 0.25) is 0 Å². The van der Waals surface area contributed by atoms with E-state index in [1.54, 1.807) is 0 Å². The predicted octanol–water partition coefficient (Wildman–Crippen LogP) is 1.78. The second kappa shape index (κ2) is 6.17. The molecular formula is C14H12F2N2O3. The third kappa shape index (κ3) is 3.65. The van der Waals surface area contributed by atoms with Gasteiger partial charge in [0.25, 0.3) is 5.91 Å². The van der Waals surface area contributed by atoms with E-state index in [9.17, 15) is 18.4 Å². The molecule has 1 aromatic carbocycles. The highest BCUT2D eigenvalue weighted by Crippen LogP contribution is 2.10. The molecule has 5 nitrogen and oxygen atoms in total. The lowest BCUT2D eigenvalue weighted by Gasteiger charge is -2.08. The molecule has 0 aliphatic heterocycles. The number of carboxylic acids is 1. The zero-order valence-electron chi connectivity index (χ0n) is 10.8. The molecule has 0 aliphatic carbocycles. The molecule has 0 unspecified atom stereocenters. The van der Waals surface area contributed by atoms with Crippen LogP contribution in [-0.4, -0.2) is 21.6 Å². The van der Waals surface area contributed by atoms with E-state index in [1.165, 1.54) is 22.9 Å². The average Bonchev–Trinajstić information content (AvgIpc) is 2.86. The minimum Gasteiger partial charge on any atom is -0.480 e. The van der Waals surface area contributed by atoms with Crippen molar-refractivity contribution in [2.75, 3.05) is 0 Å².